The highest BCUT2D eigenvalue weighted by atomic mass is 16.2. The molecule has 0 spiro atoms. The van der Waals surface area contributed by atoms with E-state index in [9.17, 15) is 4.79 Å². The first-order valence-corrected chi connectivity index (χ1v) is 6.16. The second-order valence-corrected chi connectivity index (χ2v) is 4.72. The Morgan fingerprint density at radius 2 is 2.37 bits per heavy atom. The fourth-order valence-corrected chi connectivity index (χ4v) is 2.17. The third kappa shape index (κ3) is 2.38. The van der Waals surface area contributed by atoms with Crippen molar-refractivity contribution < 1.29 is 4.79 Å². The predicted octanol–water partition coefficient (Wildman–Crippen LogP) is 2.12. The maximum atomic E-state index is 11.9. The number of carbonyl (C=O) groups excluding carboxylic acids is 1. The van der Waals surface area contributed by atoms with Gasteiger partial charge in [0.05, 0.1) is 11.6 Å². The molecule has 0 saturated heterocycles. The van der Waals surface area contributed by atoms with Crippen LogP contribution in [0.3, 0.4) is 0 Å². The third-order valence-electron chi connectivity index (χ3n) is 3.35. The van der Waals surface area contributed by atoms with Crippen molar-refractivity contribution in [3.63, 3.8) is 0 Å². The average Bonchev–Trinajstić information content (AvgIpc) is 3.18. The lowest BCUT2D eigenvalue weighted by Gasteiger charge is -2.04. The minimum atomic E-state index is -0.0406. The molecule has 0 bridgehead atoms. The molecule has 1 N–H and O–H groups in total. The minimum Gasteiger partial charge on any atom is -0.310 e. The Morgan fingerprint density at radius 3 is 3.21 bits per heavy atom. The van der Waals surface area contributed by atoms with Gasteiger partial charge in [0.15, 0.2) is 0 Å². The van der Waals surface area contributed by atoms with Crippen LogP contribution in [-0.2, 0) is 4.79 Å². The van der Waals surface area contributed by atoms with Crippen molar-refractivity contribution in [1.29, 1.82) is 5.26 Å². The van der Waals surface area contributed by atoms with Crippen LogP contribution >= 0.6 is 0 Å². The number of nitriles is 1. The van der Waals surface area contributed by atoms with Gasteiger partial charge in [-0.05, 0) is 30.5 Å². The second kappa shape index (κ2) is 4.65. The summed E-state index contributed by atoms with van der Waals surface area (Å²) in [7, 11) is 0. The zero-order valence-corrected chi connectivity index (χ0v) is 10.2. The van der Waals surface area contributed by atoms with Gasteiger partial charge in [0.25, 0.3) is 0 Å². The molecular weight excluding hydrogens is 240 g/mol. The number of carbonyl (C=O) groups is 1. The molecular formula is C14H12N4O. The number of pyridine rings is 2. The Hall–Kier alpha value is -2.48. The van der Waals surface area contributed by atoms with E-state index in [1.165, 1.54) is 0 Å². The van der Waals surface area contributed by atoms with E-state index in [1.807, 2.05) is 6.07 Å². The van der Waals surface area contributed by atoms with Crippen LogP contribution in [-0.4, -0.2) is 15.9 Å². The molecule has 2 aromatic heterocycles. The van der Waals surface area contributed by atoms with E-state index in [4.69, 9.17) is 5.26 Å². The summed E-state index contributed by atoms with van der Waals surface area (Å²) in [4.78, 5) is 20.3. The molecule has 5 nitrogen and oxygen atoms in total. The molecule has 1 aliphatic carbocycles. The fraction of sp³-hybridized carbons (Fsp3) is 0.286. The summed E-state index contributed by atoms with van der Waals surface area (Å²) in [5.41, 5.74) is 0.803. The molecule has 5 heteroatoms. The third-order valence-corrected chi connectivity index (χ3v) is 3.35. The Balaban J connectivity index is 1.72. The van der Waals surface area contributed by atoms with Crippen LogP contribution < -0.4 is 5.32 Å². The van der Waals surface area contributed by atoms with Gasteiger partial charge in [-0.1, -0.05) is 0 Å². The van der Waals surface area contributed by atoms with Crippen LogP contribution in [0.25, 0.3) is 10.9 Å². The van der Waals surface area contributed by atoms with Gasteiger partial charge in [0, 0.05) is 30.1 Å². The molecule has 19 heavy (non-hydrogen) atoms. The molecule has 2 aromatic rings. The molecule has 1 amide bonds. The lowest BCUT2D eigenvalue weighted by Crippen LogP contribution is -2.15. The van der Waals surface area contributed by atoms with Gasteiger partial charge in [-0.2, -0.15) is 5.26 Å². The SMILES string of the molecule is N#CCC1CC1C(=O)Nc1ccc2cnccc2n1. The lowest BCUT2D eigenvalue weighted by molar-refractivity contribution is -0.117. The summed E-state index contributed by atoms with van der Waals surface area (Å²) in [6.07, 6.45) is 4.66. The smallest absolute Gasteiger partial charge is 0.228 e. The molecule has 2 unspecified atom stereocenters. The molecule has 0 radical (unpaired) electrons. The van der Waals surface area contributed by atoms with Gasteiger partial charge in [-0.3, -0.25) is 9.78 Å². The zero-order chi connectivity index (χ0) is 13.2. The number of nitrogens with one attached hydrogen (secondary N) is 1. The second-order valence-electron chi connectivity index (χ2n) is 4.72. The summed E-state index contributed by atoms with van der Waals surface area (Å²) in [6.45, 7) is 0. The van der Waals surface area contributed by atoms with Crippen LogP contribution in [0.5, 0.6) is 0 Å². The van der Waals surface area contributed by atoms with E-state index in [-0.39, 0.29) is 17.7 Å². The largest absolute Gasteiger partial charge is 0.310 e. The maximum Gasteiger partial charge on any atom is 0.228 e. The number of aromatic nitrogens is 2. The van der Waals surface area contributed by atoms with Gasteiger partial charge in [0.1, 0.15) is 5.82 Å². The number of anilines is 1. The Morgan fingerprint density at radius 1 is 1.47 bits per heavy atom. The first-order chi connectivity index (χ1) is 9.28. The van der Waals surface area contributed by atoms with Crippen molar-refractivity contribution in [3.05, 3.63) is 30.6 Å². The molecule has 1 saturated carbocycles. The van der Waals surface area contributed by atoms with Gasteiger partial charge in [-0.15, -0.1) is 0 Å². The highest BCUT2D eigenvalue weighted by Gasteiger charge is 2.42. The fourth-order valence-electron chi connectivity index (χ4n) is 2.17. The minimum absolute atomic E-state index is 0.0328. The summed E-state index contributed by atoms with van der Waals surface area (Å²) < 4.78 is 0. The van der Waals surface area contributed by atoms with Crippen molar-refractivity contribution in [2.24, 2.45) is 11.8 Å². The van der Waals surface area contributed by atoms with E-state index < -0.39 is 0 Å². The maximum absolute atomic E-state index is 11.9. The Labute approximate surface area is 110 Å². The lowest BCUT2D eigenvalue weighted by atomic mass is 10.2. The first-order valence-electron chi connectivity index (χ1n) is 6.16. The number of hydrogen-bond donors (Lipinski definition) is 1. The molecule has 0 aliphatic heterocycles. The summed E-state index contributed by atoms with van der Waals surface area (Å²) in [5.74, 6) is 0.691. The number of amides is 1. The van der Waals surface area contributed by atoms with E-state index in [1.54, 1.807) is 24.5 Å². The Kier molecular flexibility index (Phi) is 2.84. The van der Waals surface area contributed by atoms with Gasteiger partial charge in [-0.25, -0.2) is 4.98 Å². The number of fused-ring (bicyclic) bond motifs is 1. The normalized spacial score (nSPS) is 20.8. The number of nitrogens with zero attached hydrogens (tertiary/aromatic N) is 3. The van der Waals surface area contributed by atoms with Crippen molar-refractivity contribution in [2.45, 2.75) is 12.8 Å². The quantitative estimate of drug-likeness (QED) is 0.907. The van der Waals surface area contributed by atoms with E-state index in [2.05, 4.69) is 21.4 Å². The molecule has 3 rings (SSSR count). The zero-order valence-electron chi connectivity index (χ0n) is 10.2. The standard InChI is InChI=1S/C14H12N4O/c15-5-3-9-7-11(9)14(19)18-13-2-1-10-8-16-6-4-12(10)17-13/h1-2,4,6,8-9,11H,3,7H2,(H,17,18,19). The van der Waals surface area contributed by atoms with Gasteiger partial charge < -0.3 is 5.32 Å². The molecule has 94 valence electrons. The van der Waals surface area contributed by atoms with Crippen LogP contribution in [0.1, 0.15) is 12.8 Å². The van der Waals surface area contributed by atoms with Crippen LogP contribution in [0, 0.1) is 23.2 Å². The Bertz CT molecular complexity index is 676. The van der Waals surface area contributed by atoms with E-state index >= 15 is 0 Å². The monoisotopic (exact) mass is 252 g/mol. The highest BCUT2D eigenvalue weighted by molar-refractivity contribution is 5.94. The molecule has 2 heterocycles. The summed E-state index contributed by atoms with van der Waals surface area (Å²) in [6, 6.07) is 7.55. The van der Waals surface area contributed by atoms with Crippen molar-refractivity contribution in [3.8, 4) is 6.07 Å². The van der Waals surface area contributed by atoms with E-state index in [0.717, 1.165) is 17.3 Å². The van der Waals surface area contributed by atoms with Gasteiger partial charge in [0.2, 0.25) is 5.91 Å². The topological polar surface area (TPSA) is 78.7 Å². The number of rotatable bonds is 3. The van der Waals surface area contributed by atoms with Crippen LogP contribution in [0.2, 0.25) is 0 Å². The summed E-state index contributed by atoms with van der Waals surface area (Å²) >= 11 is 0. The molecule has 2 atom stereocenters. The van der Waals surface area contributed by atoms with Crippen LogP contribution in [0.15, 0.2) is 30.6 Å². The predicted molar refractivity (Wildman–Crippen MR) is 70.0 cm³/mol. The first kappa shape index (κ1) is 11.6. The van der Waals surface area contributed by atoms with Crippen molar-refractivity contribution in [1.82, 2.24) is 9.97 Å². The molecule has 0 aromatic carbocycles. The molecule has 1 fully saturated rings. The number of hydrogen-bond acceptors (Lipinski definition) is 4. The van der Waals surface area contributed by atoms with Crippen molar-refractivity contribution >= 4 is 22.6 Å². The average molecular weight is 252 g/mol. The van der Waals surface area contributed by atoms with Crippen LogP contribution in [0.4, 0.5) is 5.82 Å². The highest BCUT2D eigenvalue weighted by Crippen LogP contribution is 2.41. The van der Waals surface area contributed by atoms with Gasteiger partial charge >= 0.3 is 0 Å². The van der Waals surface area contributed by atoms with E-state index in [0.29, 0.717) is 12.2 Å². The van der Waals surface area contributed by atoms with Crippen molar-refractivity contribution in [2.75, 3.05) is 5.32 Å². The molecule has 1 aliphatic rings. The summed E-state index contributed by atoms with van der Waals surface area (Å²) in [5, 5.41) is 12.3.